The lowest BCUT2D eigenvalue weighted by Crippen LogP contribution is -2.38. The van der Waals surface area contributed by atoms with E-state index in [-0.39, 0.29) is 17.9 Å². The molecule has 1 unspecified atom stereocenters. The average molecular weight is 296 g/mol. The Labute approximate surface area is 128 Å². The van der Waals surface area contributed by atoms with Crippen LogP contribution in [-0.4, -0.2) is 19.2 Å². The number of rotatable bonds is 3. The molecular weight excluding hydrogens is 279 g/mol. The fourth-order valence-electron chi connectivity index (χ4n) is 2.41. The van der Waals surface area contributed by atoms with Crippen molar-refractivity contribution in [2.24, 2.45) is 10.7 Å². The van der Waals surface area contributed by atoms with Crippen LogP contribution in [0.5, 0.6) is 0 Å². The van der Waals surface area contributed by atoms with E-state index in [1.807, 2.05) is 36.4 Å². The summed E-state index contributed by atoms with van der Waals surface area (Å²) in [7, 11) is 1.77. The zero-order valence-corrected chi connectivity index (χ0v) is 12.2. The largest absolute Gasteiger partial charge is 0.370 e. The zero-order valence-electron chi connectivity index (χ0n) is 12.2. The van der Waals surface area contributed by atoms with E-state index in [0.717, 1.165) is 11.1 Å². The van der Waals surface area contributed by atoms with Crippen LogP contribution in [0.1, 0.15) is 5.56 Å². The number of benzene rings is 2. The molecule has 0 radical (unpaired) electrons. The third kappa shape index (κ3) is 2.84. The normalized spacial score (nSPS) is 17.5. The minimum absolute atomic E-state index is 0.260. The van der Waals surface area contributed by atoms with Crippen molar-refractivity contribution in [3.05, 3.63) is 66.0 Å². The molecule has 0 amide bonds. The molecule has 0 aliphatic carbocycles. The molecule has 0 spiro atoms. The molecule has 3 rings (SSSR count). The molecule has 0 saturated carbocycles. The maximum Gasteiger partial charge on any atom is 0.195 e. The molecule has 4 nitrogen and oxygen atoms in total. The summed E-state index contributed by atoms with van der Waals surface area (Å²) in [6, 6.07) is 14.9. The van der Waals surface area contributed by atoms with Gasteiger partial charge in [0.15, 0.2) is 5.96 Å². The molecule has 22 heavy (non-hydrogen) atoms. The standard InChI is InChI=1S/C17H17FN4/c1-20-16-10-15(21-17(19)22-16)13-8-7-12(9-14(13)18)11-5-3-2-4-6-11/h2-10,16,20H,1H3,(H3,19,21,22). The Balaban J connectivity index is 1.95. The van der Waals surface area contributed by atoms with E-state index in [4.69, 9.17) is 5.73 Å². The van der Waals surface area contributed by atoms with E-state index in [1.165, 1.54) is 6.07 Å². The predicted molar refractivity (Wildman–Crippen MR) is 87.4 cm³/mol. The molecule has 5 heteroatoms. The topological polar surface area (TPSA) is 62.4 Å². The first-order chi connectivity index (χ1) is 10.7. The molecule has 0 fully saturated rings. The van der Waals surface area contributed by atoms with Gasteiger partial charge in [-0.25, -0.2) is 9.38 Å². The Hall–Kier alpha value is -2.66. The van der Waals surface area contributed by atoms with E-state index in [2.05, 4.69) is 15.6 Å². The highest BCUT2D eigenvalue weighted by Gasteiger charge is 2.16. The molecule has 4 N–H and O–H groups in total. The molecule has 0 saturated heterocycles. The van der Waals surface area contributed by atoms with Crippen LogP contribution < -0.4 is 16.4 Å². The lowest BCUT2D eigenvalue weighted by atomic mass is 10.0. The van der Waals surface area contributed by atoms with Crippen molar-refractivity contribution < 1.29 is 4.39 Å². The highest BCUT2D eigenvalue weighted by molar-refractivity contribution is 5.90. The molecule has 0 bridgehead atoms. The number of guanidine groups is 1. The lowest BCUT2D eigenvalue weighted by Gasteiger charge is -2.20. The highest BCUT2D eigenvalue weighted by atomic mass is 19.1. The minimum Gasteiger partial charge on any atom is -0.370 e. The smallest absolute Gasteiger partial charge is 0.195 e. The third-order valence-electron chi connectivity index (χ3n) is 3.53. The number of halogens is 1. The van der Waals surface area contributed by atoms with Gasteiger partial charge in [-0.1, -0.05) is 36.4 Å². The number of likely N-dealkylation sites (N-methyl/N-ethyl adjacent to an activating group) is 1. The first-order valence-corrected chi connectivity index (χ1v) is 7.02. The van der Waals surface area contributed by atoms with Crippen LogP contribution >= 0.6 is 0 Å². The molecule has 2 aromatic carbocycles. The first kappa shape index (κ1) is 14.3. The molecule has 1 atom stereocenters. The van der Waals surface area contributed by atoms with Gasteiger partial charge in [0.1, 0.15) is 12.0 Å². The van der Waals surface area contributed by atoms with Gasteiger partial charge in [-0.05, 0) is 36.4 Å². The highest BCUT2D eigenvalue weighted by Crippen LogP contribution is 2.25. The van der Waals surface area contributed by atoms with Gasteiger partial charge >= 0.3 is 0 Å². The maximum absolute atomic E-state index is 14.5. The summed E-state index contributed by atoms with van der Waals surface area (Å²) in [5, 5.41) is 5.89. The van der Waals surface area contributed by atoms with Crippen molar-refractivity contribution in [3.8, 4) is 11.1 Å². The number of hydrogen-bond donors (Lipinski definition) is 3. The summed E-state index contributed by atoms with van der Waals surface area (Å²) in [5.41, 5.74) is 8.64. The second kappa shape index (κ2) is 5.99. The van der Waals surface area contributed by atoms with Gasteiger partial charge in [-0.15, -0.1) is 0 Å². The summed E-state index contributed by atoms with van der Waals surface area (Å²) in [5.74, 6) is -0.0342. The molecule has 1 heterocycles. The van der Waals surface area contributed by atoms with Crippen molar-refractivity contribution in [3.63, 3.8) is 0 Å². The predicted octanol–water partition coefficient (Wildman–Crippen LogP) is 2.30. The minimum atomic E-state index is -0.301. The van der Waals surface area contributed by atoms with Crippen LogP contribution in [0.3, 0.4) is 0 Å². The summed E-state index contributed by atoms with van der Waals surface area (Å²) >= 11 is 0. The van der Waals surface area contributed by atoms with Crippen molar-refractivity contribution in [1.82, 2.24) is 10.6 Å². The Morgan fingerprint density at radius 2 is 1.91 bits per heavy atom. The van der Waals surface area contributed by atoms with Gasteiger partial charge in [-0.3, -0.25) is 5.32 Å². The maximum atomic E-state index is 14.5. The second-order valence-corrected chi connectivity index (χ2v) is 5.01. The van der Waals surface area contributed by atoms with Gasteiger partial charge in [0, 0.05) is 5.56 Å². The van der Waals surface area contributed by atoms with Crippen LogP contribution in [0.4, 0.5) is 4.39 Å². The Morgan fingerprint density at radius 3 is 2.59 bits per heavy atom. The van der Waals surface area contributed by atoms with E-state index in [9.17, 15) is 4.39 Å². The van der Waals surface area contributed by atoms with Crippen molar-refractivity contribution in [1.29, 1.82) is 0 Å². The fraction of sp³-hybridized carbons (Fsp3) is 0.118. The van der Waals surface area contributed by atoms with Crippen LogP contribution in [0.25, 0.3) is 16.8 Å². The van der Waals surface area contributed by atoms with Gasteiger partial charge in [0.25, 0.3) is 0 Å². The summed E-state index contributed by atoms with van der Waals surface area (Å²) in [6.07, 6.45) is 1.54. The van der Waals surface area contributed by atoms with Crippen LogP contribution in [0.2, 0.25) is 0 Å². The average Bonchev–Trinajstić information content (AvgIpc) is 2.55. The SMILES string of the molecule is CNC1C=C(c2ccc(-c3ccccc3)cc2F)NC(N)=N1. The number of aliphatic imine (C=N–C) groups is 1. The molecule has 0 aromatic heterocycles. The van der Waals surface area contributed by atoms with E-state index in [0.29, 0.717) is 11.3 Å². The van der Waals surface area contributed by atoms with Crippen LogP contribution in [0.15, 0.2) is 59.6 Å². The quantitative estimate of drug-likeness (QED) is 0.814. The Kier molecular flexibility index (Phi) is 3.89. The Morgan fingerprint density at radius 1 is 1.14 bits per heavy atom. The monoisotopic (exact) mass is 296 g/mol. The lowest BCUT2D eigenvalue weighted by molar-refractivity contribution is 0.622. The first-order valence-electron chi connectivity index (χ1n) is 7.02. The van der Waals surface area contributed by atoms with Crippen molar-refractivity contribution >= 4 is 11.7 Å². The number of nitrogens with two attached hydrogens (primary N) is 1. The number of nitrogens with zero attached hydrogens (tertiary/aromatic N) is 1. The molecule has 2 aromatic rings. The summed E-state index contributed by atoms with van der Waals surface area (Å²) in [4.78, 5) is 4.14. The summed E-state index contributed by atoms with van der Waals surface area (Å²) in [6.45, 7) is 0. The van der Waals surface area contributed by atoms with Crippen LogP contribution in [-0.2, 0) is 0 Å². The fourth-order valence-corrected chi connectivity index (χ4v) is 2.41. The molecule has 112 valence electrons. The van der Waals surface area contributed by atoms with Crippen molar-refractivity contribution in [2.75, 3.05) is 7.05 Å². The third-order valence-corrected chi connectivity index (χ3v) is 3.53. The van der Waals surface area contributed by atoms with Gasteiger partial charge < -0.3 is 11.1 Å². The Bertz CT molecular complexity index is 738. The second-order valence-electron chi connectivity index (χ2n) is 5.01. The van der Waals surface area contributed by atoms with Gasteiger partial charge in [0.05, 0.1) is 5.70 Å². The molecular formula is C17H17FN4. The summed E-state index contributed by atoms with van der Waals surface area (Å²) < 4.78 is 14.5. The van der Waals surface area contributed by atoms with Crippen molar-refractivity contribution in [2.45, 2.75) is 6.17 Å². The van der Waals surface area contributed by atoms with E-state index < -0.39 is 0 Å². The zero-order chi connectivity index (χ0) is 15.5. The number of nitrogens with one attached hydrogen (secondary N) is 2. The van der Waals surface area contributed by atoms with Crippen LogP contribution in [0, 0.1) is 5.82 Å². The number of hydrogen-bond acceptors (Lipinski definition) is 4. The van der Waals surface area contributed by atoms with E-state index in [1.54, 1.807) is 19.2 Å². The van der Waals surface area contributed by atoms with Gasteiger partial charge in [-0.2, -0.15) is 0 Å². The van der Waals surface area contributed by atoms with E-state index >= 15 is 0 Å². The molecule has 1 aliphatic heterocycles. The van der Waals surface area contributed by atoms with Gasteiger partial charge in [0.2, 0.25) is 0 Å². The molecule has 1 aliphatic rings.